The molecule has 2 aromatic rings. The molecule has 0 bridgehead atoms. The molecule has 0 fully saturated rings. The molecule has 0 amide bonds. The Hall–Kier alpha value is -1.70. The second kappa shape index (κ2) is 7.03. The van der Waals surface area contributed by atoms with Gasteiger partial charge in [0.15, 0.2) is 0 Å². The van der Waals surface area contributed by atoms with E-state index in [1.165, 1.54) is 0 Å². The van der Waals surface area contributed by atoms with Crippen molar-refractivity contribution in [3.05, 3.63) is 24.5 Å². The van der Waals surface area contributed by atoms with Gasteiger partial charge in [-0.3, -0.25) is 4.90 Å². The van der Waals surface area contributed by atoms with Gasteiger partial charge in [-0.25, -0.2) is 0 Å². The Morgan fingerprint density at radius 3 is 3.00 bits per heavy atom. The maximum atomic E-state index is 9.01. The summed E-state index contributed by atoms with van der Waals surface area (Å²) in [4.78, 5) is 6.26. The third kappa shape index (κ3) is 3.88. The van der Waals surface area contributed by atoms with E-state index in [4.69, 9.17) is 18.8 Å². The fourth-order valence-corrected chi connectivity index (χ4v) is 1.65. The standard InChI is InChI=1S/C12H17N3O4/c1-17-7-4-15(3-5-16)8-11-13-12(14-19-11)10-2-6-18-9-10/h2,6,9,16H,3-5,7-8H2,1H3. The number of rotatable bonds is 8. The molecule has 7 heteroatoms. The van der Waals surface area contributed by atoms with Crippen molar-refractivity contribution in [1.29, 1.82) is 0 Å². The molecule has 2 rings (SSSR count). The van der Waals surface area contributed by atoms with E-state index < -0.39 is 0 Å². The van der Waals surface area contributed by atoms with Gasteiger partial charge in [-0.05, 0) is 6.07 Å². The van der Waals surface area contributed by atoms with Crippen LogP contribution in [-0.2, 0) is 11.3 Å². The van der Waals surface area contributed by atoms with Gasteiger partial charge in [0.1, 0.15) is 6.26 Å². The van der Waals surface area contributed by atoms with Gasteiger partial charge >= 0.3 is 0 Å². The fraction of sp³-hybridized carbons (Fsp3) is 0.500. The summed E-state index contributed by atoms with van der Waals surface area (Å²) in [5.74, 6) is 1.00. The molecule has 0 saturated carbocycles. The minimum Gasteiger partial charge on any atom is -0.472 e. The first-order chi connectivity index (χ1) is 9.33. The van der Waals surface area contributed by atoms with Crippen molar-refractivity contribution in [2.75, 3.05) is 33.4 Å². The van der Waals surface area contributed by atoms with Crippen molar-refractivity contribution in [3.63, 3.8) is 0 Å². The topological polar surface area (TPSA) is 84.8 Å². The number of aliphatic hydroxyl groups is 1. The number of furan rings is 1. The normalized spacial score (nSPS) is 11.3. The zero-order valence-corrected chi connectivity index (χ0v) is 10.8. The van der Waals surface area contributed by atoms with Crippen molar-refractivity contribution >= 4 is 0 Å². The van der Waals surface area contributed by atoms with E-state index in [0.29, 0.717) is 38.0 Å². The number of hydrogen-bond acceptors (Lipinski definition) is 7. The Balaban J connectivity index is 1.97. The summed E-state index contributed by atoms with van der Waals surface area (Å²) in [6.07, 6.45) is 3.12. The molecule has 1 N–H and O–H groups in total. The summed E-state index contributed by atoms with van der Waals surface area (Å²) in [6.45, 7) is 2.37. The van der Waals surface area contributed by atoms with Gasteiger partial charge in [0, 0.05) is 20.2 Å². The Morgan fingerprint density at radius 2 is 2.32 bits per heavy atom. The van der Waals surface area contributed by atoms with Crippen molar-refractivity contribution in [2.24, 2.45) is 0 Å². The zero-order chi connectivity index (χ0) is 13.5. The van der Waals surface area contributed by atoms with Crippen LogP contribution >= 0.6 is 0 Å². The Labute approximate surface area is 110 Å². The van der Waals surface area contributed by atoms with Crippen molar-refractivity contribution in [3.8, 4) is 11.4 Å². The number of aromatic nitrogens is 2. The molecule has 0 saturated heterocycles. The highest BCUT2D eigenvalue weighted by molar-refractivity contribution is 5.51. The lowest BCUT2D eigenvalue weighted by Gasteiger charge is -2.18. The summed E-state index contributed by atoms with van der Waals surface area (Å²) in [5, 5.41) is 12.9. The number of nitrogens with zero attached hydrogens (tertiary/aromatic N) is 3. The fourth-order valence-electron chi connectivity index (χ4n) is 1.65. The predicted molar refractivity (Wildman–Crippen MR) is 66.2 cm³/mol. The van der Waals surface area contributed by atoms with Crippen LogP contribution in [0.5, 0.6) is 0 Å². The van der Waals surface area contributed by atoms with Gasteiger partial charge < -0.3 is 18.8 Å². The van der Waals surface area contributed by atoms with E-state index in [-0.39, 0.29) is 6.61 Å². The van der Waals surface area contributed by atoms with Crippen LogP contribution in [0.25, 0.3) is 11.4 Å². The first-order valence-electron chi connectivity index (χ1n) is 6.00. The van der Waals surface area contributed by atoms with Gasteiger partial charge in [0.2, 0.25) is 11.7 Å². The Kier molecular flexibility index (Phi) is 5.08. The number of ether oxygens (including phenoxy) is 1. The lowest BCUT2D eigenvalue weighted by Crippen LogP contribution is -2.29. The highest BCUT2D eigenvalue weighted by atomic mass is 16.5. The lowest BCUT2D eigenvalue weighted by molar-refractivity contribution is 0.118. The molecule has 0 atom stereocenters. The van der Waals surface area contributed by atoms with Gasteiger partial charge in [0.05, 0.1) is 31.6 Å². The average molecular weight is 267 g/mol. The average Bonchev–Trinajstić information content (AvgIpc) is 3.06. The predicted octanol–water partition coefficient (Wildman–Crippen LogP) is 0.770. The van der Waals surface area contributed by atoms with E-state index in [2.05, 4.69) is 10.1 Å². The highest BCUT2D eigenvalue weighted by Gasteiger charge is 2.13. The summed E-state index contributed by atoms with van der Waals surface area (Å²) in [5.41, 5.74) is 0.778. The van der Waals surface area contributed by atoms with Gasteiger partial charge in [0.25, 0.3) is 0 Å². The quantitative estimate of drug-likeness (QED) is 0.756. The van der Waals surface area contributed by atoms with Crippen LogP contribution in [-0.4, -0.2) is 53.6 Å². The molecule has 0 aliphatic heterocycles. The van der Waals surface area contributed by atoms with E-state index in [9.17, 15) is 0 Å². The Bertz CT molecular complexity index is 469. The maximum absolute atomic E-state index is 9.01. The first kappa shape index (κ1) is 13.7. The van der Waals surface area contributed by atoms with E-state index in [0.717, 1.165) is 5.56 Å². The molecule has 0 aliphatic rings. The molecule has 0 unspecified atom stereocenters. The van der Waals surface area contributed by atoms with Crippen LogP contribution in [0.1, 0.15) is 5.89 Å². The second-order valence-corrected chi connectivity index (χ2v) is 4.02. The smallest absolute Gasteiger partial charge is 0.241 e. The van der Waals surface area contributed by atoms with Gasteiger partial charge in [-0.2, -0.15) is 4.98 Å². The molecule has 2 heterocycles. The second-order valence-electron chi connectivity index (χ2n) is 4.02. The number of hydrogen-bond donors (Lipinski definition) is 1. The lowest BCUT2D eigenvalue weighted by atomic mass is 10.3. The van der Waals surface area contributed by atoms with Crippen LogP contribution < -0.4 is 0 Å². The first-order valence-corrected chi connectivity index (χ1v) is 6.00. The third-order valence-electron chi connectivity index (χ3n) is 2.63. The maximum Gasteiger partial charge on any atom is 0.241 e. The summed E-state index contributed by atoms with van der Waals surface area (Å²) < 4.78 is 15.2. The summed E-state index contributed by atoms with van der Waals surface area (Å²) in [7, 11) is 1.64. The molecule has 0 spiro atoms. The van der Waals surface area contributed by atoms with Crippen LogP contribution in [0.4, 0.5) is 0 Å². The van der Waals surface area contributed by atoms with Crippen molar-refractivity contribution in [2.45, 2.75) is 6.54 Å². The minimum atomic E-state index is 0.0758. The molecule has 0 aliphatic carbocycles. The largest absolute Gasteiger partial charge is 0.472 e. The van der Waals surface area contributed by atoms with E-state index >= 15 is 0 Å². The number of methoxy groups -OCH3 is 1. The SMILES string of the molecule is COCCN(CCO)Cc1nc(-c2ccoc2)no1. The van der Waals surface area contributed by atoms with E-state index in [1.54, 1.807) is 25.7 Å². The molecule has 0 radical (unpaired) electrons. The van der Waals surface area contributed by atoms with Crippen molar-refractivity contribution < 1.29 is 18.8 Å². The summed E-state index contributed by atoms with van der Waals surface area (Å²) >= 11 is 0. The number of aliphatic hydroxyl groups excluding tert-OH is 1. The molecule has 19 heavy (non-hydrogen) atoms. The van der Waals surface area contributed by atoms with Crippen LogP contribution in [0.2, 0.25) is 0 Å². The molecule has 104 valence electrons. The summed E-state index contributed by atoms with van der Waals surface area (Å²) in [6, 6.07) is 1.77. The van der Waals surface area contributed by atoms with Gasteiger partial charge in [-0.1, -0.05) is 5.16 Å². The van der Waals surface area contributed by atoms with Crippen LogP contribution in [0.3, 0.4) is 0 Å². The molecular weight excluding hydrogens is 250 g/mol. The molecule has 2 aromatic heterocycles. The minimum absolute atomic E-state index is 0.0758. The molecule has 7 nitrogen and oxygen atoms in total. The van der Waals surface area contributed by atoms with Crippen molar-refractivity contribution in [1.82, 2.24) is 15.0 Å². The monoisotopic (exact) mass is 267 g/mol. The van der Waals surface area contributed by atoms with Crippen LogP contribution in [0.15, 0.2) is 27.5 Å². The van der Waals surface area contributed by atoms with Gasteiger partial charge in [-0.15, -0.1) is 0 Å². The third-order valence-corrected chi connectivity index (χ3v) is 2.63. The van der Waals surface area contributed by atoms with Crippen LogP contribution in [0, 0.1) is 0 Å². The highest BCUT2D eigenvalue weighted by Crippen LogP contribution is 2.16. The Morgan fingerprint density at radius 1 is 1.42 bits per heavy atom. The van der Waals surface area contributed by atoms with E-state index in [1.807, 2.05) is 4.90 Å². The molecular formula is C12H17N3O4. The zero-order valence-electron chi connectivity index (χ0n) is 10.8. The molecule has 0 aromatic carbocycles.